The van der Waals surface area contributed by atoms with Gasteiger partial charge in [0.1, 0.15) is 11.4 Å². The van der Waals surface area contributed by atoms with Gasteiger partial charge in [0, 0.05) is 24.1 Å². The van der Waals surface area contributed by atoms with Crippen molar-refractivity contribution in [1.82, 2.24) is 24.9 Å². The highest BCUT2D eigenvalue weighted by molar-refractivity contribution is 5.59. The fourth-order valence-electron chi connectivity index (χ4n) is 2.05. The molecular formula is C19H20F3N7O. The van der Waals surface area contributed by atoms with E-state index in [1.807, 2.05) is 0 Å². The summed E-state index contributed by atoms with van der Waals surface area (Å²) in [6.45, 7) is 1.20. The zero-order valence-corrected chi connectivity index (χ0v) is 16.0. The van der Waals surface area contributed by atoms with Crippen molar-refractivity contribution in [2.75, 3.05) is 17.1 Å². The van der Waals surface area contributed by atoms with Gasteiger partial charge in [0.2, 0.25) is 11.9 Å². The Morgan fingerprint density at radius 1 is 1.13 bits per heavy atom. The van der Waals surface area contributed by atoms with Crippen LogP contribution in [0.25, 0.3) is 11.5 Å². The molecule has 0 spiro atoms. The van der Waals surface area contributed by atoms with Crippen LogP contribution < -0.4 is 10.6 Å². The van der Waals surface area contributed by atoms with E-state index in [9.17, 15) is 18.3 Å². The van der Waals surface area contributed by atoms with Gasteiger partial charge in [-0.15, -0.1) is 0 Å². The van der Waals surface area contributed by atoms with Crippen molar-refractivity contribution in [3.8, 4) is 11.5 Å². The predicted octanol–water partition coefficient (Wildman–Crippen LogP) is 3.58. The van der Waals surface area contributed by atoms with Crippen molar-refractivity contribution in [2.24, 2.45) is 0 Å². The van der Waals surface area contributed by atoms with Crippen LogP contribution in [0.15, 0.2) is 36.4 Å². The lowest BCUT2D eigenvalue weighted by molar-refractivity contribution is -0.141. The molecule has 0 aliphatic rings. The zero-order chi connectivity index (χ0) is 27.2. The quantitative estimate of drug-likeness (QED) is 0.550. The largest absolute Gasteiger partial charge is 0.433 e. The van der Waals surface area contributed by atoms with Crippen molar-refractivity contribution in [2.45, 2.75) is 32.5 Å². The molecule has 3 aromatic heterocycles. The monoisotopic (exact) mass is 425 g/mol. The summed E-state index contributed by atoms with van der Waals surface area (Å²) in [5.41, 5.74) is -4.05. The number of aliphatic hydroxyl groups is 1. The highest BCUT2D eigenvalue weighted by atomic mass is 19.4. The number of nitrogens with one attached hydrogen (secondary N) is 2. The Morgan fingerprint density at radius 2 is 1.87 bits per heavy atom. The van der Waals surface area contributed by atoms with E-state index >= 15 is 0 Å². The third-order valence-electron chi connectivity index (χ3n) is 3.26. The summed E-state index contributed by atoms with van der Waals surface area (Å²) in [7, 11) is 0. The Bertz CT molecular complexity index is 1290. The number of hydrogen-bond donors (Lipinski definition) is 3. The predicted molar refractivity (Wildman–Crippen MR) is 105 cm³/mol. The minimum absolute atomic E-state index is 0.0949. The molecule has 0 atom stereocenters. The SMILES string of the molecule is [2H]c1ccc(C(F)(F)F)nc1-c1nc(Nc2c([2H])c([2H])nc(C)c2[2H])nc(NC([2H])([2H])C(C)(C)O)n1. The van der Waals surface area contributed by atoms with E-state index in [1.54, 1.807) is 0 Å². The smallest absolute Gasteiger partial charge is 0.389 e. The Kier molecular flexibility index (Phi) is 3.99. The van der Waals surface area contributed by atoms with Gasteiger partial charge in [0.05, 0.1) is 13.8 Å². The third-order valence-corrected chi connectivity index (χ3v) is 3.26. The van der Waals surface area contributed by atoms with Crippen molar-refractivity contribution in [1.29, 1.82) is 0 Å². The van der Waals surface area contributed by atoms with Crippen LogP contribution in [0.2, 0.25) is 0 Å². The van der Waals surface area contributed by atoms with Crippen LogP contribution in [-0.2, 0) is 6.18 Å². The Hall–Kier alpha value is -3.34. The number of pyridine rings is 2. The lowest BCUT2D eigenvalue weighted by atomic mass is 10.1. The van der Waals surface area contributed by atoms with Gasteiger partial charge in [-0.2, -0.15) is 28.1 Å². The number of hydrogen-bond acceptors (Lipinski definition) is 8. The van der Waals surface area contributed by atoms with Crippen molar-refractivity contribution in [3.05, 3.63) is 47.8 Å². The molecule has 0 aliphatic carbocycles. The first-order valence-electron chi connectivity index (χ1n) is 11.4. The highest BCUT2D eigenvalue weighted by Crippen LogP contribution is 2.29. The molecular weight excluding hydrogens is 399 g/mol. The summed E-state index contributed by atoms with van der Waals surface area (Å²) in [6, 6.07) is 0.192. The molecule has 30 heavy (non-hydrogen) atoms. The molecule has 0 aliphatic heterocycles. The van der Waals surface area contributed by atoms with E-state index in [4.69, 9.17) is 8.22 Å². The zero-order valence-electron chi connectivity index (χ0n) is 22.0. The van der Waals surface area contributed by atoms with Crippen LogP contribution >= 0.6 is 0 Å². The van der Waals surface area contributed by atoms with Crippen LogP contribution in [0.5, 0.6) is 0 Å². The highest BCUT2D eigenvalue weighted by Gasteiger charge is 2.32. The second-order valence-electron chi connectivity index (χ2n) is 6.50. The second kappa shape index (κ2) is 8.19. The maximum Gasteiger partial charge on any atom is 0.433 e. The van der Waals surface area contributed by atoms with Crippen LogP contribution in [0, 0.1) is 6.92 Å². The average Bonchev–Trinajstić information content (AvgIpc) is 2.73. The maximum atomic E-state index is 13.2. The van der Waals surface area contributed by atoms with Crippen LogP contribution in [0.1, 0.15) is 33.5 Å². The number of rotatable bonds is 6. The molecule has 3 aromatic rings. The molecule has 0 fully saturated rings. The van der Waals surface area contributed by atoms with Gasteiger partial charge in [-0.3, -0.25) is 4.98 Å². The van der Waals surface area contributed by atoms with Gasteiger partial charge in [-0.25, -0.2) is 4.98 Å². The van der Waals surface area contributed by atoms with E-state index in [2.05, 4.69) is 35.6 Å². The number of anilines is 3. The van der Waals surface area contributed by atoms with Crippen molar-refractivity contribution in [3.63, 3.8) is 0 Å². The molecule has 11 heteroatoms. The van der Waals surface area contributed by atoms with Gasteiger partial charge in [-0.05, 0) is 45.0 Å². The number of halogens is 3. The molecule has 8 nitrogen and oxygen atoms in total. The summed E-state index contributed by atoms with van der Waals surface area (Å²) >= 11 is 0. The van der Waals surface area contributed by atoms with Gasteiger partial charge in [-0.1, -0.05) is 6.07 Å². The number of aromatic nitrogens is 5. The Morgan fingerprint density at radius 3 is 2.57 bits per heavy atom. The topological polar surface area (TPSA) is 109 Å². The van der Waals surface area contributed by atoms with Gasteiger partial charge >= 0.3 is 6.18 Å². The summed E-state index contributed by atoms with van der Waals surface area (Å²) in [5, 5.41) is 14.9. The van der Waals surface area contributed by atoms with Gasteiger partial charge < -0.3 is 15.7 Å². The molecule has 3 heterocycles. The summed E-state index contributed by atoms with van der Waals surface area (Å²) < 4.78 is 87.8. The van der Waals surface area contributed by atoms with E-state index in [0.29, 0.717) is 6.07 Å². The maximum absolute atomic E-state index is 13.2. The van der Waals surface area contributed by atoms with E-state index < -0.39 is 65.6 Å². The Balaban J connectivity index is 2.22. The van der Waals surface area contributed by atoms with Gasteiger partial charge in [0.15, 0.2) is 5.82 Å². The number of nitrogens with zero attached hydrogens (tertiary/aromatic N) is 5. The molecule has 3 N–H and O–H groups in total. The molecule has 3 rings (SSSR count). The summed E-state index contributed by atoms with van der Waals surface area (Å²) in [6.07, 6.45) is -5.31. The first kappa shape index (κ1) is 14.6. The van der Waals surface area contributed by atoms with Crippen LogP contribution in [0.4, 0.5) is 30.8 Å². The number of aryl methyl sites for hydroxylation is 1. The molecule has 0 unspecified atom stereocenters. The lowest BCUT2D eigenvalue weighted by Crippen LogP contribution is -2.30. The molecule has 0 amide bonds. The van der Waals surface area contributed by atoms with Crippen LogP contribution in [-0.4, -0.2) is 42.1 Å². The van der Waals surface area contributed by atoms with E-state index in [0.717, 1.165) is 19.9 Å². The summed E-state index contributed by atoms with van der Waals surface area (Å²) in [4.78, 5) is 19.0. The van der Waals surface area contributed by atoms with Crippen molar-refractivity contribution >= 4 is 17.6 Å². The fraction of sp³-hybridized carbons (Fsp3) is 0.316. The molecule has 0 aromatic carbocycles. The number of alkyl halides is 3. The molecule has 0 saturated heterocycles. The lowest BCUT2D eigenvalue weighted by Gasteiger charge is -2.18. The summed E-state index contributed by atoms with van der Waals surface area (Å²) in [5.74, 6) is -1.57. The van der Waals surface area contributed by atoms with E-state index in [1.165, 1.54) is 6.92 Å². The average molecular weight is 425 g/mol. The molecule has 0 saturated carbocycles. The third kappa shape index (κ3) is 5.83. The normalized spacial score (nSPS) is 15.3. The van der Waals surface area contributed by atoms with Crippen LogP contribution in [0.3, 0.4) is 0 Å². The first-order chi connectivity index (χ1) is 16.4. The molecule has 0 radical (unpaired) electrons. The second-order valence-corrected chi connectivity index (χ2v) is 6.50. The molecule has 158 valence electrons. The first-order valence-corrected chi connectivity index (χ1v) is 8.44. The molecule has 0 bridgehead atoms. The van der Waals surface area contributed by atoms with E-state index in [-0.39, 0.29) is 17.4 Å². The standard InChI is InChI=1S/C19H20F3N7O/c1-11-9-12(7-8-23-11)25-17-28-15(27-16(29-17)24-10-18(2,3)30)13-5-4-6-14(26-13)19(20,21)22/h4-9,30H,10H2,1-3H3,(H2,23,24,25,27,28,29)/i5D,7D,8D,9D,10D2. The minimum atomic E-state index is -4.84. The van der Waals surface area contributed by atoms with Crippen molar-refractivity contribution < 1.29 is 26.5 Å². The minimum Gasteiger partial charge on any atom is -0.389 e. The van der Waals surface area contributed by atoms with Gasteiger partial charge in [0.25, 0.3) is 0 Å². The fourth-order valence-corrected chi connectivity index (χ4v) is 2.05. The Labute approximate surface area is 179 Å².